The second-order valence-corrected chi connectivity index (χ2v) is 6.71. The molecule has 1 unspecified atom stereocenters. The van der Waals surface area contributed by atoms with Crippen LogP contribution in [0.4, 0.5) is 8.78 Å². The third-order valence-electron chi connectivity index (χ3n) is 4.74. The molecule has 1 atom stereocenters. The lowest BCUT2D eigenvalue weighted by Gasteiger charge is -2.17. The van der Waals surface area contributed by atoms with Gasteiger partial charge >= 0.3 is 12.6 Å². The van der Waals surface area contributed by atoms with Crippen molar-refractivity contribution in [1.82, 2.24) is 4.98 Å². The Morgan fingerprint density at radius 2 is 1.52 bits per heavy atom. The molecular weight excluding hydrogens is 404 g/mol. The summed E-state index contributed by atoms with van der Waals surface area (Å²) in [6.45, 7) is -2.96. The Morgan fingerprint density at radius 3 is 2.23 bits per heavy atom. The van der Waals surface area contributed by atoms with Gasteiger partial charge in [0.25, 0.3) is 0 Å². The van der Waals surface area contributed by atoms with Crippen LogP contribution < -0.4 is 4.74 Å². The second kappa shape index (κ2) is 8.79. The van der Waals surface area contributed by atoms with E-state index in [0.29, 0.717) is 11.1 Å². The van der Waals surface area contributed by atoms with Gasteiger partial charge in [-0.05, 0) is 30.3 Å². The SMILES string of the molecule is O=C(OC(C(=O)c1c[nH]c2ccccc12)c1ccccc1)c1ccc(OC(F)F)cc1. The Labute approximate surface area is 176 Å². The predicted molar refractivity (Wildman–Crippen MR) is 110 cm³/mol. The van der Waals surface area contributed by atoms with Gasteiger partial charge in [-0.1, -0.05) is 48.5 Å². The van der Waals surface area contributed by atoms with E-state index in [1.807, 2.05) is 24.3 Å². The minimum Gasteiger partial charge on any atom is -0.445 e. The van der Waals surface area contributed by atoms with Gasteiger partial charge in [-0.25, -0.2) is 4.79 Å². The van der Waals surface area contributed by atoms with Gasteiger partial charge in [-0.15, -0.1) is 0 Å². The van der Waals surface area contributed by atoms with Crippen LogP contribution in [-0.2, 0) is 4.74 Å². The third-order valence-corrected chi connectivity index (χ3v) is 4.74. The normalized spacial score (nSPS) is 12.0. The minimum atomic E-state index is -2.96. The second-order valence-electron chi connectivity index (χ2n) is 6.71. The molecule has 0 spiro atoms. The number of H-pyrrole nitrogens is 1. The Balaban J connectivity index is 1.63. The molecule has 5 nitrogen and oxygen atoms in total. The van der Waals surface area contributed by atoms with Crippen molar-refractivity contribution in [1.29, 1.82) is 0 Å². The number of alkyl halides is 2. The van der Waals surface area contributed by atoms with Crippen LogP contribution in [0.15, 0.2) is 85.1 Å². The van der Waals surface area contributed by atoms with Crippen LogP contribution in [0.2, 0.25) is 0 Å². The molecule has 31 heavy (non-hydrogen) atoms. The van der Waals surface area contributed by atoms with Gasteiger partial charge in [0.2, 0.25) is 5.78 Å². The van der Waals surface area contributed by atoms with E-state index >= 15 is 0 Å². The minimum absolute atomic E-state index is 0.0824. The number of carbonyl (C=O) groups is 2. The molecule has 156 valence electrons. The molecule has 0 amide bonds. The molecule has 1 heterocycles. The molecule has 1 N–H and O–H groups in total. The Hall–Kier alpha value is -4.00. The monoisotopic (exact) mass is 421 g/mol. The molecule has 0 bridgehead atoms. The van der Waals surface area contributed by atoms with Crippen LogP contribution in [0.1, 0.15) is 32.4 Å². The van der Waals surface area contributed by atoms with Crippen molar-refractivity contribution in [3.63, 3.8) is 0 Å². The van der Waals surface area contributed by atoms with Crippen molar-refractivity contribution in [2.45, 2.75) is 12.7 Å². The van der Waals surface area contributed by atoms with Crippen LogP contribution in [0.5, 0.6) is 5.75 Å². The van der Waals surface area contributed by atoms with E-state index in [2.05, 4.69) is 9.72 Å². The number of aromatic nitrogens is 1. The summed E-state index contributed by atoms with van der Waals surface area (Å²) in [5.74, 6) is -1.22. The summed E-state index contributed by atoms with van der Waals surface area (Å²) in [6.07, 6.45) is 0.415. The first-order valence-electron chi connectivity index (χ1n) is 9.44. The van der Waals surface area contributed by atoms with Crippen LogP contribution in [-0.4, -0.2) is 23.3 Å². The first-order valence-corrected chi connectivity index (χ1v) is 9.44. The van der Waals surface area contributed by atoms with Crippen LogP contribution >= 0.6 is 0 Å². The molecule has 0 fully saturated rings. The molecule has 0 aliphatic heterocycles. The summed E-state index contributed by atoms with van der Waals surface area (Å²) < 4.78 is 34.5. The first kappa shape index (κ1) is 20.3. The molecule has 0 aliphatic rings. The number of carbonyl (C=O) groups excluding carboxylic acids is 2. The lowest BCUT2D eigenvalue weighted by Crippen LogP contribution is -2.20. The molecule has 0 saturated carbocycles. The third kappa shape index (κ3) is 4.45. The summed E-state index contributed by atoms with van der Waals surface area (Å²) in [5.41, 5.74) is 1.81. The van der Waals surface area contributed by atoms with Crippen LogP contribution in [0.3, 0.4) is 0 Å². The van der Waals surface area contributed by atoms with Gasteiger partial charge in [0, 0.05) is 28.2 Å². The number of nitrogens with one attached hydrogen (secondary N) is 1. The first-order chi connectivity index (χ1) is 15.0. The van der Waals surface area contributed by atoms with E-state index in [4.69, 9.17) is 4.74 Å². The highest BCUT2D eigenvalue weighted by molar-refractivity contribution is 6.11. The molecular formula is C24H17F2NO4. The number of benzene rings is 3. The van der Waals surface area contributed by atoms with E-state index < -0.39 is 18.7 Å². The number of hydrogen-bond acceptors (Lipinski definition) is 4. The van der Waals surface area contributed by atoms with E-state index in [9.17, 15) is 18.4 Å². The number of rotatable bonds is 7. The van der Waals surface area contributed by atoms with E-state index in [0.717, 1.165) is 10.9 Å². The van der Waals surface area contributed by atoms with Crippen LogP contribution in [0, 0.1) is 0 Å². The fourth-order valence-electron chi connectivity index (χ4n) is 3.26. The van der Waals surface area contributed by atoms with Crippen LogP contribution in [0.25, 0.3) is 10.9 Å². The summed E-state index contributed by atoms with van der Waals surface area (Å²) in [5, 5.41) is 0.720. The highest BCUT2D eigenvalue weighted by Gasteiger charge is 2.28. The van der Waals surface area contributed by atoms with Crippen molar-refractivity contribution in [2.75, 3.05) is 0 Å². The summed E-state index contributed by atoms with van der Waals surface area (Å²) in [7, 11) is 0. The maximum Gasteiger partial charge on any atom is 0.387 e. The average Bonchev–Trinajstić information content (AvgIpc) is 3.22. The van der Waals surface area contributed by atoms with Crippen molar-refractivity contribution >= 4 is 22.7 Å². The summed E-state index contributed by atoms with van der Waals surface area (Å²) in [4.78, 5) is 29.1. The smallest absolute Gasteiger partial charge is 0.387 e. The van der Waals surface area contributed by atoms with Gasteiger partial charge in [0.05, 0.1) is 5.56 Å². The van der Waals surface area contributed by atoms with Gasteiger partial charge in [-0.2, -0.15) is 8.78 Å². The van der Waals surface area contributed by atoms with Gasteiger partial charge < -0.3 is 14.5 Å². The van der Waals surface area contributed by atoms with E-state index in [1.54, 1.807) is 36.5 Å². The largest absolute Gasteiger partial charge is 0.445 e. The molecule has 0 saturated heterocycles. The highest BCUT2D eigenvalue weighted by atomic mass is 19.3. The Bertz CT molecular complexity index is 1200. The van der Waals surface area contributed by atoms with Gasteiger partial charge in [0.15, 0.2) is 6.10 Å². The number of Topliss-reactive ketones (excluding diaryl/α,β-unsaturated/α-hetero) is 1. The number of halogens is 2. The zero-order chi connectivity index (χ0) is 21.8. The maximum atomic E-state index is 13.4. The average molecular weight is 421 g/mol. The fraction of sp³-hybridized carbons (Fsp3) is 0.0833. The topological polar surface area (TPSA) is 68.4 Å². The zero-order valence-corrected chi connectivity index (χ0v) is 16.1. The van der Waals surface area contributed by atoms with Crippen molar-refractivity contribution in [3.8, 4) is 5.75 Å². The molecule has 4 aromatic rings. The van der Waals surface area contributed by atoms with E-state index in [1.165, 1.54) is 24.3 Å². The molecule has 4 rings (SSSR count). The molecule has 7 heteroatoms. The van der Waals surface area contributed by atoms with Gasteiger partial charge in [-0.3, -0.25) is 4.79 Å². The number of para-hydroxylation sites is 1. The lowest BCUT2D eigenvalue weighted by molar-refractivity contribution is -0.0498. The Kier molecular flexibility index (Phi) is 5.75. The summed E-state index contributed by atoms with van der Waals surface area (Å²) >= 11 is 0. The zero-order valence-electron chi connectivity index (χ0n) is 16.1. The number of esters is 1. The summed E-state index contributed by atoms with van der Waals surface area (Å²) in [6, 6.07) is 21.1. The standard InChI is InChI=1S/C24H17F2NO4/c25-24(26)30-17-12-10-16(11-13-17)23(29)31-22(15-6-2-1-3-7-15)21(28)19-14-27-20-9-5-4-8-18(19)20/h1-14,22,24,27H. The van der Waals surface area contributed by atoms with E-state index in [-0.39, 0.29) is 17.1 Å². The fourth-order valence-corrected chi connectivity index (χ4v) is 3.26. The number of fused-ring (bicyclic) bond motifs is 1. The lowest BCUT2D eigenvalue weighted by atomic mass is 9.99. The van der Waals surface area contributed by atoms with Gasteiger partial charge in [0.1, 0.15) is 5.75 Å². The van der Waals surface area contributed by atoms with Crippen molar-refractivity contribution < 1.29 is 27.8 Å². The molecule has 1 aromatic heterocycles. The molecule has 3 aromatic carbocycles. The molecule has 0 radical (unpaired) electrons. The van der Waals surface area contributed by atoms with Crippen molar-refractivity contribution in [2.24, 2.45) is 0 Å². The van der Waals surface area contributed by atoms with Crippen molar-refractivity contribution in [3.05, 3.63) is 102 Å². The highest BCUT2D eigenvalue weighted by Crippen LogP contribution is 2.28. The maximum absolute atomic E-state index is 13.4. The number of ketones is 1. The predicted octanol–water partition coefficient (Wildman–Crippen LogP) is 5.55. The number of hydrogen-bond donors (Lipinski definition) is 1. The quantitative estimate of drug-likeness (QED) is 0.314. The number of aromatic amines is 1. The molecule has 0 aliphatic carbocycles. The number of ether oxygens (including phenoxy) is 2. The Morgan fingerprint density at radius 1 is 0.839 bits per heavy atom.